The standard InChI is InChI=1S/C14H21NO2S/c1-2-10-7-8-18-13(10)14(17)15-9-12(16)11-5-3-4-6-11/h7-8,11-12,16H,2-6,9H2,1H3,(H,15,17). The van der Waals surface area contributed by atoms with Crippen LogP contribution in [0.25, 0.3) is 0 Å². The van der Waals surface area contributed by atoms with Crippen molar-refractivity contribution in [2.45, 2.75) is 45.1 Å². The van der Waals surface area contributed by atoms with Crippen molar-refractivity contribution in [3.63, 3.8) is 0 Å². The highest BCUT2D eigenvalue weighted by Gasteiger charge is 2.23. The normalized spacial score (nSPS) is 17.9. The summed E-state index contributed by atoms with van der Waals surface area (Å²) in [6.07, 6.45) is 5.09. The maximum Gasteiger partial charge on any atom is 0.261 e. The molecule has 0 radical (unpaired) electrons. The van der Waals surface area contributed by atoms with Crippen molar-refractivity contribution in [2.75, 3.05) is 6.54 Å². The highest BCUT2D eigenvalue weighted by atomic mass is 32.1. The van der Waals surface area contributed by atoms with Gasteiger partial charge in [-0.25, -0.2) is 0 Å². The van der Waals surface area contributed by atoms with Crippen molar-refractivity contribution < 1.29 is 9.90 Å². The molecule has 1 saturated carbocycles. The molecule has 0 aromatic carbocycles. The van der Waals surface area contributed by atoms with Gasteiger partial charge in [0.15, 0.2) is 0 Å². The molecule has 0 aliphatic heterocycles. The quantitative estimate of drug-likeness (QED) is 0.861. The molecule has 1 aromatic rings. The third kappa shape index (κ3) is 3.12. The Morgan fingerprint density at radius 3 is 2.94 bits per heavy atom. The van der Waals surface area contributed by atoms with Crippen molar-refractivity contribution in [2.24, 2.45) is 5.92 Å². The predicted octanol–water partition coefficient (Wildman–Crippen LogP) is 2.59. The minimum absolute atomic E-state index is 0.0427. The summed E-state index contributed by atoms with van der Waals surface area (Å²) in [5, 5.41) is 14.8. The molecule has 18 heavy (non-hydrogen) atoms. The molecule has 0 bridgehead atoms. The summed E-state index contributed by atoms with van der Waals surface area (Å²) in [4.78, 5) is 12.8. The lowest BCUT2D eigenvalue weighted by molar-refractivity contribution is 0.0843. The molecule has 1 fully saturated rings. The van der Waals surface area contributed by atoms with E-state index < -0.39 is 0 Å². The van der Waals surface area contributed by atoms with Gasteiger partial charge in [0.2, 0.25) is 0 Å². The Kier molecular flexibility index (Phi) is 4.78. The first-order valence-corrected chi connectivity index (χ1v) is 7.63. The SMILES string of the molecule is CCc1ccsc1C(=O)NCC(O)C1CCCC1. The minimum Gasteiger partial charge on any atom is -0.391 e. The van der Waals surface area contributed by atoms with Crippen molar-refractivity contribution in [1.82, 2.24) is 5.32 Å². The number of carbonyl (C=O) groups excluding carboxylic acids is 1. The van der Waals surface area contributed by atoms with Gasteiger partial charge in [0.1, 0.15) is 0 Å². The van der Waals surface area contributed by atoms with Gasteiger partial charge in [-0.05, 0) is 42.2 Å². The Hall–Kier alpha value is -0.870. The molecule has 0 spiro atoms. The molecule has 2 rings (SSSR count). The lowest BCUT2D eigenvalue weighted by atomic mass is 10.0. The molecule has 2 N–H and O–H groups in total. The van der Waals surface area contributed by atoms with Crippen LogP contribution in [0.4, 0.5) is 0 Å². The van der Waals surface area contributed by atoms with Gasteiger partial charge in [0.25, 0.3) is 5.91 Å². The van der Waals surface area contributed by atoms with E-state index >= 15 is 0 Å². The zero-order chi connectivity index (χ0) is 13.0. The van der Waals surface area contributed by atoms with E-state index in [2.05, 4.69) is 5.32 Å². The summed E-state index contributed by atoms with van der Waals surface area (Å²) in [6, 6.07) is 1.99. The fourth-order valence-corrected chi connectivity index (χ4v) is 3.51. The van der Waals surface area contributed by atoms with Crippen molar-refractivity contribution in [3.8, 4) is 0 Å². The van der Waals surface area contributed by atoms with E-state index in [1.54, 1.807) is 0 Å². The Labute approximate surface area is 112 Å². The van der Waals surface area contributed by atoms with E-state index in [0.29, 0.717) is 12.5 Å². The second kappa shape index (κ2) is 6.34. The Morgan fingerprint density at radius 2 is 2.28 bits per heavy atom. The lowest BCUT2D eigenvalue weighted by Crippen LogP contribution is -2.35. The van der Waals surface area contributed by atoms with Gasteiger partial charge in [0, 0.05) is 6.54 Å². The molecule has 1 aliphatic carbocycles. The molecule has 1 aliphatic rings. The molecule has 1 atom stereocenters. The van der Waals surface area contributed by atoms with Crippen LogP contribution in [0.5, 0.6) is 0 Å². The summed E-state index contributed by atoms with van der Waals surface area (Å²) in [5.41, 5.74) is 1.09. The first-order chi connectivity index (χ1) is 8.72. The van der Waals surface area contributed by atoms with Crippen LogP contribution >= 0.6 is 11.3 Å². The highest BCUT2D eigenvalue weighted by molar-refractivity contribution is 7.12. The van der Waals surface area contributed by atoms with Gasteiger partial charge in [-0.2, -0.15) is 0 Å². The fourth-order valence-electron chi connectivity index (χ4n) is 2.60. The van der Waals surface area contributed by atoms with Gasteiger partial charge in [-0.3, -0.25) is 4.79 Å². The molecule has 100 valence electrons. The van der Waals surface area contributed by atoms with Gasteiger partial charge < -0.3 is 10.4 Å². The average molecular weight is 267 g/mol. The largest absolute Gasteiger partial charge is 0.391 e. The van der Waals surface area contributed by atoms with Gasteiger partial charge in [0.05, 0.1) is 11.0 Å². The summed E-state index contributed by atoms with van der Waals surface area (Å²) in [7, 11) is 0. The number of amides is 1. The monoisotopic (exact) mass is 267 g/mol. The molecule has 4 heteroatoms. The Morgan fingerprint density at radius 1 is 1.56 bits per heavy atom. The van der Waals surface area contributed by atoms with E-state index in [0.717, 1.165) is 29.7 Å². The molecule has 1 amide bonds. The third-order valence-electron chi connectivity index (χ3n) is 3.75. The lowest BCUT2D eigenvalue weighted by Gasteiger charge is -2.18. The smallest absolute Gasteiger partial charge is 0.261 e. The zero-order valence-corrected chi connectivity index (χ0v) is 11.6. The number of carbonyl (C=O) groups is 1. The first-order valence-electron chi connectivity index (χ1n) is 6.75. The number of nitrogens with one attached hydrogen (secondary N) is 1. The topological polar surface area (TPSA) is 49.3 Å². The number of hydrogen-bond acceptors (Lipinski definition) is 3. The summed E-state index contributed by atoms with van der Waals surface area (Å²) < 4.78 is 0. The zero-order valence-electron chi connectivity index (χ0n) is 10.8. The number of aliphatic hydroxyl groups excluding tert-OH is 1. The van der Waals surface area contributed by atoms with Crippen LogP contribution < -0.4 is 5.32 Å². The number of aryl methyl sites for hydroxylation is 1. The maximum atomic E-state index is 12.0. The molecule has 3 nitrogen and oxygen atoms in total. The predicted molar refractivity (Wildman–Crippen MR) is 74.0 cm³/mol. The van der Waals surface area contributed by atoms with Crippen molar-refractivity contribution >= 4 is 17.2 Å². The maximum absolute atomic E-state index is 12.0. The molecular formula is C14H21NO2S. The Bertz CT molecular complexity index is 396. The van der Waals surface area contributed by atoms with Crippen LogP contribution in [-0.2, 0) is 6.42 Å². The second-order valence-corrected chi connectivity index (χ2v) is 5.87. The summed E-state index contributed by atoms with van der Waals surface area (Å²) in [5.74, 6) is 0.332. The van der Waals surface area contributed by atoms with Crippen molar-refractivity contribution in [1.29, 1.82) is 0 Å². The summed E-state index contributed by atoms with van der Waals surface area (Å²) in [6.45, 7) is 2.43. The van der Waals surface area contributed by atoms with Crippen LogP contribution in [0.2, 0.25) is 0 Å². The molecule has 1 aromatic heterocycles. The third-order valence-corrected chi connectivity index (χ3v) is 4.71. The van der Waals surface area contributed by atoms with Gasteiger partial charge in [-0.15, -0.1) is 11.3 Å². The number of aliphatic hydroxyl groups is 1. The number of rotatable bonds is 5. The summed E-state index contributed by atoms with van der Waals surface area (Å²) >= 11 is 1.47. The molecule has 0 saturated heterocycles. The molecule has 1 heterocycles. The van der Waals surface area contributed by atoms with Crippen LogP contribution in [0.15, 0.2) is 11.4 Å². The molecular weight excluding hydrogens is 246 g/mol. The van der Waals surface area contributed by atoms with E-state index in [1.807, 2.05) is 18.4 Å². The van der Waals surface area contributed by atoms with Crippen LogP contribution in [0.1, 0.15) is 47.8 Å². The van der Waals surface area contributed by atoms with Crippen LogP contribution in [-0.4, -0.2) is 23.7 Å². The fraction of sp³-hybridized carbons (Fsp3) is 0.643. The highest BCUT2D eigenvalue weighted by Crippen LogP contribution is 2.27. The average Bonchev–Trinajstić information content (AvgIpc) is 3.04. The Balaban J connectivity index is 1.84. The number of hydrogen-bond donors (Lipinski definition) is 2. The minimum atomic E-state index is -0.388. The van der Waals surface area contributed by atoms with E-state index in [9.17, 15) is 9.90 Å². The second-order valence-electron chi connectivity index (χ2n) is 4.95. The van der Waals surface area contributed by atoms with Gasteiger partial charge >= 0.3 is 0 Å². The van der Waals surface area contributed by atoms with Crippen LogP contribution in [0.3, 0.4) is 0 Å². The van der Waals surface area contributed by atoms with Gasteiger partial charge in [-0.1, -0.05) is 19.8 Å². The van der Waals surface area contributed by atoms with Crippen LogP contribution in [0, 0.1) is 5.92 Å². The van der Waals surface area contributed by atoms with E-state index in [1.165, 1.54) is 24.2 Å². The number of thiophene rings is 1. The molecule has 1 unspecified atom stereocenters. The van der Waals surface area contributed by atoms with E-state index in [4.69, 9.17) is 0 Å². The first kappa shape index (κ1) is 13.6. The van der Waals surface area contributed by atoms with E-state index in [-0.39, 0.29) is 12.0 Å². The van der Waals surface area contributed by atoms with Crippen molar-refractivity contribution in [3.05, 3.63) is 21.9 Å².